The van der Waals surface area contributed by atoms with E-state index in [0.717, 1.165) is 35.7 Å². The highest BCUT2D eigenvalue weighted by Gasteiger charge is 2.31. The van der Waals surface area contributed by atoms with Gasteiger partial charge in [-0.25, -0.2) is 4.39 Å². The number of hydrogen-bond donors (Lipinski definition) is 0. The summed E-state index contributed by atoms with van der Waals surface area (Å²) in [6.45, 7) is 4.35. The van der Waals surface area contributed by atoms with Gasteiger partial charge in [0.2, 0.25) is 0 Å². The summed E-state index contributed by atoms with van der Waals surface area (Å²) in [5, 5.41) is 0. The van der Waals surface area contributed by atoms with Gasteiger partial charge in [-0.05, 0) is 92.2 Å². The number of allylic oxidation sites excluding steroid dienone is 1. The van der Waals surface area contributed by atoms with Crippen molar-refractivity contribution >= 4 is 6.08 Å². The van der Waals surface area contributed by atoms with Crippen molar-refractivity contribution < 1.29 is 4.39 Å². The summed E-state index contributed by atoms with van der Waals surface area (Å²) < 4.78 is 13.7. The minimum absolute atomic E-state index is 0.000541. The van der Waals surface area contributed by atoms with Gasteiger partial charge in [-0.1, -0.05) is 63.8 Å². The molecule has 0 N–H and O–H groups in total. The molecule has 0 aromatic heterocycles. The Labute approximate surface area is 166 Å². The molecule has 2 aliphatic carbocycles. The molecule has 0 bridgehead atoms. The fourth-order valence-electron chi connectivity index (χ4n) is 5.64. The van der Waals surface area contributed by atoms with Crippen LogP contribution in [0.5, 0.6) is 0 Å². The molecule has 0 aliphatic heterocycles. The third-order valence-electron chi connectivity index (χ3n) is 7.25. The molecule has 0 amide bonds. The predicted molar refractivity (Wildman–Crippen MR) is 115 cm³/mol. The predicted octanol–water partition coefficient (Wildman–Crippen LogP) is 8.68. The maximum absolute atomic E-state index is 13.7. The molecule has 0 saturated heterocycles. The van der Waals surface area contributed by atoms with E-state index in [1.165, 1.54) is 69.8 Å². The molecule has 2 aliphatic rings. The molecule has 0 radical (unpaired) electrons. The van der Waals surface area contributed by atoms with Crippen LogP contribution in [0.1, 0.15) is 108 Å². The van der Waals surface area contributed by atoms with Crippen molar-refractivity contribution in [1.82, 2.24) is 0 Å². The van der Waals surface area contributed by atoms with E-state index in [0.29, 0.717) is 6.42 Å². The van der Waals surface area contributed by atoms with Gasteiger partial charge >= 0.3 is 0 Å². The van der Waals surface area contributed by atoms with Gasteiger partial charge < -0.3 is 0 Å². The quantitative estimate of drug-likeness (QED) is 0.450. The summed E-state index contributed by atoms with van der Waals surface area (Å²) in [7, 11) is 0. The van der Waals surface area contributed by atoms with Crippen LogP contribution in [0.15, 0.2) is 30.1 Å². The largest absolute Gasteiger partial charge is 0.212 e. The SMILES string of the molecule is CCC/C(F)=C\c1ccc([C@H]2CC[C@H](C3CCC(CCC)CC3)CC2)cc1. The molecular weight excluding hydrogens is 331 g/mol. The summed E-state index contributed by atoms with van der Waals surface area (Å²) in [6.07, 6.45) is 17.4. The fourth-order valence-corrected chi connectivity index (χ4v) is 5.64. The number of benzene rings is 1. The van der Waals surface area contributed by atoms with Crippen LogP contribution >= 0.6 is 0 Å². The van der Waals surface area contributed by atoms with Crippen molar-refractivity contribution in [3.05, 3.63) is 41.2 Å². The van der Waals surface area contributed by atoms with Crippen LogP contribution < -0.4 is 0 Å². The minimum Gasteiger partial charge on any atom is -0.212 e. The third-order valence-corrected chi connectivity index (χ3v) is 7.25. The molecule has 0 spiro atoms. The molecule has 2 saturated carbocycles. The van der Waals surface area contributed by atoms with Gasteiger partial charge in [-0.3, -0.25) is 0 Å². The monoisotopic (exact) mass is 370 g/mol. The Morgan fingerprint density at radius 3 is 2.00 bits per heavy atom. The van der Waals surface area contributed by atoms with E-state index >= 15 is 0 Å². The standard InChI is InChI=1S/C26H39F/c1-3-5-20-7-11-22(12-8-20)24-15-17-25(18-16-24)23-13-9-21(10-14-23)19-26(27)6-4-2/h9-10,13-14,19-20,22,24-25H,3-8,11-12,15-18H2,1-2H3/b26-19+/t20?,22?,24-,25-. The second kappa shape index (κ2) is 10.4. The van der Waals surface area contributed by atoms with Gasteiger partial charge in [0.1, 0.15) is 5.83 Å². The molecule has 0 unspecified atom stereocenters. The van der Waals surface area contributed by atoms with Crippen molar-refractivity contribution in [2.24, 2.45) is 17.8 Å². The van der Waals surface area contributed by atoms with E-state index in [9.17, 15) is 4.39 Å². The van der Waals surface area contributed by atoms with Gasteiger partial charge in [0, 0.05) is 0 Å². The molecule has 27 heavy (non-hydrogen) atoms. The lowest BCUT2D eigenvalue weighted by Crippen LogP contribution is -2.25. The van der Waals surface area contributed by atoms with Crippen molar-refractivity contribution in [2.45, 2.75) is 96.8 Å². The summed E-state index contributed by atoms with van der Waals surface area (Å²) in [4.78, 5) is 0. The first kappa shape index (κ1) is 20.6. The van der Waals surface area contributed by atoms with E-state index < -0.39 is 0 Å². The second-order valence-electron chi connectivity index (χ2n) is 9.19. The zero-order valence-corrected chi connectivity index (χ0v) is 17.6. The van der Waals surface area contributed by atoms with Crippen LogP contribution in [0.25, 0.3) is 6.08 Å². The Hall–Kier alpha value is -1.11. The Bertz CT molecular complexity index is 569. The Morgan fingerprint density at radius 2 is 1.44 bits per heavy atom. The summed E-state index contributed by atoms with van der Waals surface area (Å²) in [6, 6.07) is 8.69. The topological polar surface area (TPSA) is 0 Å². The third kappa shape index (κ3) is 5.93. The molecule has 0 nitrogen and oxygen atoms in total. The van der Waals surface area contributed by atoms with E-state index in [-0.39, 0.29) is 5.83 Å². The zero-order valence-electron chi connectivity index (χ0n) is 17.6. The summed E-state index contributed by atoms with van der Waals surface area (Å²) in [5.41, 5.74) is 2.47. The maximum Gasteiger partial charge on any atom is 0.100 e. The molecule has 1 heteroatoms. The van der Waals surface area contributed by atoms with Crippen molar-refractivity contribution in [3.63, 3.8) is 0 Å². The Kier molecular flexibility index (Phi) is 7.97. The van der Waals surface area contributed by atoms with Crippen molar-refractivity contribution in [1.29, 1.82) is 0 Å². The Morgan fingerprint density at radius 1 is 0.852 bits per heavy atom. The normalized spacial score (nSPS) is 29.7. The fraction of sp³-hybridized carbons (Fsp3) is 0.692. The van der Waals surface area contributed by atoms with Crippen LogP contribution in [0.3, 0.4) is 0 Å². The lowest BCUT2D eigenvalue weighted by molar-refractivity contribution is 0.156. The van der Waals surface area contributed by atoms with Crippen molar-refractivity contribution in [3.8, 4) is 0 Å². The lowest BCUT2D eigenvalue weighted by atomic mass is 9.68. The first-order valence-corrected chi connectivity index (χ1v) is 11.7. The highest BCUT2D eigenvalue weighted by atomic mass is 19.1. The highest BCUT2D eigenvalue weighted by molar-refractivity contribution is 5.51. The van der Waals surface area contributed by atoms with Gasteiger partial charge in [-0.15, -0.1) is 0 Å². The highest BCUT2D eigenvalue weighted by Crippen LogP contribution is 2.44. The molecule has 150 valence electrons. The van der Waals surface area contributed by atoms with E-state index in [1.807, 2.05) is 6.92 Å². The average Bonchev–Trinajstić information content (AvgIpc) is 2.70. The summed E-state index contributed by atoms with van der Waals surface area (Å²) >= 11 is 0. The maximum atomic E-state index is 13.7. The lowest BCUT2D eigenvalue weighted by Gasteiger charge is -2.38. The molecule has 0 atom stereocenters. The first-order chi connectivity index (χ1) is 13.2. The average molecular weight is 371 g/mol. The molecule has 1 aromatic carbocycles. The second-order valence-corrected chi connectivity index (χ2v) is 9.19. The number of rotatable bonds is 7. The summed E-state index contributed by atoms with van der Waals surface area (Å²) in [5.74, 6) is 3.73. The van der Waals surface area contributed by atoms with Gasteiger partial charge in [-0.2, -0.15) is 0 Å². The van der Waals surface area contributed by atoms with Gasteiger partial charge in [0.25, 0.3) is 0 Å². The number of hydrogen-bond acceptors (Lipinski definition) is 0. The van der Waals surface area contributed by atoms with Crippen LogP contribution in [0.2, 0.25) is 0 Å². The molecule has 2 fully saturated rings. The number of halogens is 1. The van der Waals surface area contributed by atoms with Crippen LogP contribution in [-0.4, -0.2) is 0 Å². The van der Waals surface area contributed by atoms with Gasteiger partial charge in [0.05, 0.1) is 0 Å². The van der Waals surface area contributed by atoms with Crippen LogP contribution in [-0.2, 0) is 0 Å². The minimum atomic E-state index is -0.000541. The van der Waals surface area contributed by atoms with Crippen molar-refractivity contribution in [2.75, 3.05) is 0 Å². The Balaban J connectivity index is 1.47. The molecule has 3 rings (SSSR count). The first-order valence-electron chi connectivity index (χ1n) is 11.7. The smallest absolute Gasteiger partial charge is 0.100 e. The van der Waals surface area contributed by atoms with E-state index in [2.05, 4.69) is 31.2 Å². The van der Waals surface area contributed by atoms with Gasteiger partial charge in [0.15, 0.2) is 0 Å². The molecule has 0 heterocycles. The van der Waals surface area contributed by atoms with Crippen LogP contribution in [0, 0.1) is 17.8 Å². The van der Waals surface area contributed by atoms with Crippen LogP contribution in [0.4, 0.5) is 4.39 Å². The zero-order chi connectivity index (χ0) is 19.1. The van der Waals surface area contributed by atoms with E-state index in [1.54, 1.807) is 6.08 Å². The molecular formula is C26H39F. The van der Waals surface area contributed by atoms with E-state index in [4.69, 9.17) is 0 Å². The molecule has 1 aromatic rings.